The number of phosphoric ester groups is 2. The van der Waals surface area contributed by atoms with Gasteiger partial charge in [-0.1, -0.05) is 311 Å². The molecule has 19 heteroatoms. The average Bonchev–Trinajstić information content (AvgIpc) is 3.70. The Bertz CT molecular complexity index is 1750. The van der Waals surface area contributed by atoms with Gasteiger partial charge in [-0.15, -0.1) is 0 Å². The maximum Gasteiger partial charge on any atom is 0.472 e. The van der Waals surface area contributed by atoms with Crippen LogP contribution >= 0.6 is 15.6 Å². The molecule has 0 amide bonds. The molecule has 0 rings (SSSR count). The van der Waals surface area contributed by atoms with Crippen molar-refractivity contribution in [1.29, 1.82) is 0 Å². The Kier molecular flexibility index (Phi) is 61.8. The first-order valence-electron chi connectivity index (χ1n) is 37.0. The van der Waals surface area contributed by atoms with E-state index >= 15 is 0 Å². The molecule has 534 valence electrons. The lowest BCUT2D eigenvalue weighted by Gasteiger charge is -2.21. The molecule has 0 aromatic carbocycles. The zero-order chi connectivity index (χ0) is 66.5. The van der Waals surface area contributed by atoms with Crippen molar-refractivity contribution in [2.45, 2.75) is 381 Å². The smallest absolute Gasteiger partial charge is 0.462 e. The van der Waals surface area contributed by atoms with E-state index in [1.54, 1.807) is 0 Å². The van der Waals surface area contributed by atoms with E-state index in [0.717, 1.165) is 102 Å². The number of hydrogen-bond acceptors (Lipinski definition) is 15. The molecule has 0 saturated carbocycles. The minimum absolute atomic E-state index is 0.107. The van der Waals surface area contributed by atoms with Gasteiger partial charge in [0.2, 0.25) is 0 Å². The lowest BCUT2D eigenvalue weighted by Crippen LogP contribution is -2.30. The molecule has 0 radical (unpaired) electrons. The van der Waals surface area contributed by atoms with Crippen molar-refractivity contribution in [1.82, 2.24) is 0 Å². The van der Waals surface area contributed by atoms with Crippen molar-refractivity contribution >= 4 is 39.5 Å². The fourth-order valence-corrected chi connectivity index (χ4v) is 12.3. The van der Waals surface area contributed by atoms with Gasteiger partial charge in [0.15, 0.2) is 12.2 Å². The normalized spacial score (nSPS) is 14.4. The summed E-state index contributed by atoms with van der Waals surface area (Å²) in [6, 6.07) is 0. The molecule has 3 N–H and O–H groups in total. The summed E-state index contributed by atoms with van der Waals surface area (Å²) in [5.41, 5.74) is 0. The Morgan fingerprint density at radius 3 is 0.844 bits per heavy atom. The van der Waals surface area contributed by atoms with Crippen LogP contribution in [0.5, 0.6) is 0 Å². The molecule has 90 heavy (non-hydrogen) atoms. The highest BCUT2D eigenvalue weighted by atomic mass is 31.2. The number of carbonyl (C=O) groups excluding carboxylic acids is 4. The lowest BCUT2D eigenvalue weighted by molar-refractivity contribution is -0.161. The van der Waals surface area contributed by atoms with Crippen LogP contribution in [0.15, 0.2) is 0 Å². The van der Waals surface area contributed by atoms with Crippen molar-refractivity contribution in [3.63, 3.8) is 0 Å². The number of aliphatic hydroxyl groups is 1. The third-order valence-electron chi connectivity index (χ3n) is 16.8. The third kappa shape index (κ3) is 63.5. The van der Waals surface area contributed by atoms with Crippen LogP contribution in [0.1, 0.15) is 363 Å². The first kappa shape index (κ1) is 88.1. The summed E-state index contributed by atoms with van der Waals surface area (Å²) in [5.74, 6) is -0.543. The molecule has 0 aromatic heterocycles. The van der Waals surface area contributed by atoms with Gasteiger partial charge in [-0.3, -0.25) is 37.3 Å². The number of hydrogen-bond donors (Lipinski definition) is 3. The van der Waals surface area contributed by atoms with E-state index in [9.17, 15) is 43.2 Å². The molecular formula is C71H138O17P2. The van der Waals surface area contributed by atoms with Crippen molar-refractivity contribution in [3.8, 4) is 0 Å². The molecule has 3 unspecified atom stereocenters. The Balaban J connectivity index is 5.22. The molecule has 0 aliphatic carbocycles. The van der Waals surface area contributed by atoms with Crippen LogP contribution in [0.2, 0.25) is 0 Å². The maximum absolute atomic E-state index is 13.0. The van der Waals surface area contributed by atoms with Crippen molar-refractivity contribution in [2.24, 2.45) is 11.8 Å². The third-order valence-corrected chi connectivity index (χ3v) is 18.7. The van der Waals surface area contributed by atoms with Crippen LogP contribution in [-0.4, -0.2) is 96.7 Å². The predicted octanol–water partition coefficient (Wildman–Crippen LogP) is 20.4. The van der Waals surface area contributed by atoms with E-state index in [1.165, 1.54) is 180 Å². The van der Waals surface area contributed by atoms with Gasteiger partial charge in [-0.25, -0.2) is 9.13 Å². The van der Waals surface area contributed by atoms with Crippen LogP contribution in [0.3, 0.4) is 0 Å². The second-order valence-corrected chi connectivity index (χ2v) is 29.3. The maximum atomic E-state index is 13.0. The van der Waals surface area contributed by atoms with Gasteiger partial charge in [0.1, 0.15) is 19.3 Å². The summed E-state index contributed by atoms with van der Waals surface area (Å²) in [4.78, 5) is 72.5. The number of phosphoric acid groups is 2. The fourth-order valence-electron chi connectivity index (χ4n) is 10.7. The van der Waals surface area contributed by atoms with Crippen LogP contribution in [0.4, 0.5) is 0 Å². The van der Waals surface area contributed by atoms with Crippen molar-refractivity contribution < 1.29 is 80.2 Å². The molecular weight excluding hydrogens is 1190 g/mol. The van der Waals surface area contributed by atoms with Crippen molar-refractivity contribution in [2.75, 3.05) is 39.6 Å². The molecule has 0 bridgehead atoms. The fraction of sp³-hybridized carbons (Fsp3) is 0.944. The van der Waals surface area contributed by atoms with Crippen LogP contribution in [-0.2, 0) is 65.4 Å². The summed E-state index contributed by atoms with van der Waals surface area (Å²) < 4.78 is 68.3. The zero-order valence-corrected chi connectivity index (χ0v) is 60.2. The van der Waals surface area contributed by atoms with Gasteiger partial charge in [-0.2, -0.15) is 0 Å². The molecule has 0 heterocycles. The predicted molar refractivity (Wildman–Crippen MR) is 363 cm³/mol. The highest BCUT2D eigenvalue weighted by Gasteiger charge is 2.30. The van der Waals surface area contributed by atoms with Gasteiger partial charge >= 0.3 is 39.5 Å². The van der Waals surface area contributed by atoms with E-state index in [4.69, 9.17) is 37.0 Å². The number of aliphatic hydroxyl groups excluding tert-OH is 1. The Hall–Kier alpha value is -1.94. The molecule has 0 aromatic rings. The summed E-state index contributed by atoms with van der Waals surface area (Å²) >= 11 is 0. The number of carbonyl (C=O) groups is 4. The standard InChI is InChI=1S/C71H138O17P2/c1-7-10-12-14-16-18-24-29-37-43-49-55-70(75)87-66(59-81-68(73)53-47-41-35-27-17-15-13-11-8-2)61-85-89(77,78)83-57-65(72)58-84-90(79,80)86-62-67(60-82-69(74)54-48-42-36-32-31-34-40-46-52-64(6)9-3)88-71(76)56-50-44-38-30-26-23-21-19-20-22-25-28-33-39-45-51-63(4)5/h63-67,72H,7-62H2,1-6H3,(H,77,78)(H,79,80)/t64?,65-,66+,67+/m0/s1. The molecule has 0 saturated heterocycles. The van der Waals surface area contributed by atoms with Gasteiger partial charge < -0.3 is 33.8 Å². The van der Waals surface area contributed by atoms with Crippen LogP contribution < -0.4 is 0 Å². The van der Waals surface area contributed by atoms with Gasteiger partial charge in [0.25, 0.3) is 0 Å². The SMILES string of the molecule is CCCCCCCCCCCCCC(=O)O[C@H](COC(=O)CCCCCCCCCCC)COP(=O)(O)OC[C@H](O)COP(=O)(O)OC[C@@H](COC(=O)CCCCCCCCCCC(C)CC)OC(=O)CCCCCCCCCCCCCCCCCC(C)C. The second kappa shape index (κ2) is 63.1. The Morgan fingerprint density at radius 2 is 0.567 bits per heavy atom. The summed E-state index contributed by atoms with van der Waals surface area (Å²) in [5, 5.41) is 10.6. The second-order valence-electron chi connectivity index (χ2n) is 26.3. The van der Waals surface area contributed by atoms with Crippen molar-refractivity contribution in [3.05, 3.63) is 0 Å². The van der Waals surface area contributed by atoms with E-state index in [2.05, 4.69) is 41.5 Å². The van der Waals surface area contributed by atoms with Crippen LogP contribution in [0.25, 0.3) is 0 Å². The summed E-state index contributed by atoms with van der Waals surface area (Å²) in [6.45, 7) is 9.57. The quantitative estimate of drug-likeness (QED) is 0.0222. The minimum Gasteiger partial charge on any atom is -0.462 e. The number of unbranched alkanes of at least 4 members (excludes halogenated alkanes) is 39. The van der Waals surface area contributed by atoms with E-state index < -0.39 is 97.5 Å². The monoisotopic (exact) mass is 1320 g/mol. The van der Waals surface area contributed by atoms with Gasteiger partial charge in [0.05, 0.1) is 26.4 Å². The number of rotatable bonds is 70. The van der Waals surface area contributed by atoms with Gasteiger partial charge in [0, 0.05) is 25.7 Å². The number of ether oxygens (including phenoxy) is 4. The molecule has 6 atom stereocenters. The lowest BCUT2D eigenvalue weighted by atomic mass is 9.99. The minimum atomic E-state index is -4.95. The highest BCUT2D eigenvalue weighted by Crippen LogP contribution is 2.45. The van der Waals surface area contributed by atoms with E-state index in [0.29, 0.717) is 25.7 Å². The summed E-state index contributed by atoms with van der Waals surface area (Å²) in [6.07, 6.45) is 48.5. The molecule has 0 fully saturated rings. The van der Waals surface area contributed by atoms with Crippen LogP contribution in [0, 0.1) is 11.8 Å². The van der Waals surface area contributed by atoms with E-state index in [1.807, 2.05) is 0 Å². The summed E-state index contributed by atoms with van der Waals surface area (Å²) in [7, 11) is -9.90. The Morgan fingerprint density at radius 1 is 0.322 bits per heavy atom. The largest absolute Gasteiger partial charge is 0.472 e. The Labute approximate surface area is 549 Å². The number of esters is 4. The topological polar surface area (TPSA) is 237 Å². The molecule has 0 aliphatic heterocycles. The van der Waals surface area contributed by atoms with Gasteiger partial charge in [-0.05, 0) is 37.5 Å². The molecule has 17 nitrogen and oxygen atoms in total. The van der Waals surface area contributed by atoms with E-state index in [-0.39, 0.29) is 25.7 Å². The average molecular weight is 1330 g/mol. The first-order chi connectivity index (χ1) is 43.4. The zero-order valence-electron chi connectivity index (χ0n) is 58.4. The highest BCUT2D eigenvalue weighted by molar-refractivity contribution is 7.47. The first-order valence-corrected chi connectivity index (χ1v) is 40.0. The molecule has 0 spiro atoms. The molecule has 0 aliphatic rings.